The van der Waals surface area contributed by atoms with Crippen molar-refractivity contribution >= 4 is 5.78 Å². The van der Waals surface area contributed by atoms with Gasteiger partial charge in [0, 0.05) is 10.8 Å². The van der Waals surface area contributed by atoms with Crippen molar-refractivity contribution in [2.75, 3.05) is 0 Å². The van der Waals surface area contributed by atoms with Crippen LogP contribution in [0.1, 0.15) is 47.0 Å². The summed E-state index contributed by atoms with van der Waals surface area (Å²) in [5.41, 5.74) is 0.0785. The second-order valence-electron chi connectivity index (χ2n) is 7.95. The van der Waals surface area contributed by atoms with Crippen molar-refractivity contribution in [1.29, 1.82) is 0 Å². The molecule has 2 heteroatoms. The minimum absolute atomic E-state index is 0.217. The summed E-state index contributed by atoms with van der Waals surface area (Å²) in [7, 11) is 0. The maximum absolute atomic E-state index is 12.8. The molecule has 4 saturated carbocycles. The van der Waals surface area contributed by atoms with Crippen molar-refractivity contribution in [3.8, 4) is 0 Å². The fourth-order valence-electron chi connectivity index (χ4n) is 5.53. The van der Waals surface area contributed by atoms with E-state index in [0.29, 0.717) is 17.6 Å². The van der Waals surface area contributed by atoms with Gasteiger partial charge >= 0.3 is 0 Å². The van der Waals surface area contributed by atoms with Gasteiger partial charge in [0.1, 0.15) is 5.78 Å². The zero-order chi connectivity index (χ0) is 13.5. The maximum Gasteiger partial charge on any atom is 0.145 e. The van der Waals surface area contributed by atoms with Crippen molar-refractivity contribution in [3.63, 3.8) is 0 Å². The van der Waals surface area contributed by atoms with Gasteiger partial charge in [0.2, 0.25) is 0 Å². The molecule has 0 heterocycles. The summed E-state index contributed by atoms with van der Waals surface area (Å²) < 4.78 is 0. The van der Waals surface area contributed by atoms with Gasteiger partial charge in [0.15, 0.2) is 0 Å². The number of carbonyl (C=O) groups is 1. The van der Waals surface area contributed by atoms with E-state index in [0.717, 1.165) is 19.3 Å². The normalized spacial score (nSPS) is 51.1. The summed E-state index contributed by atoms with van der Waals surface area (Å²) in [6, 6.07) is 0. The first kappa shape index (κ1) is 12.4. The Bertz CT molecular complexity index is 445. The lowest BCUT2D eigenvalue weighted by Gasteiger charge is -2.54. The summed E-state index contributed by atoms with van der Waals surface area (Å²) in [5, 5.41) is 10.4. The average molecular weight is 248 g/mol. The molecule has 0 aliphatic heterocycles. The van der Waals surface area contributed by atoms with Crippen LogP contribution in [0.2, 0.25) is 0 Å². The number of ketones is 1. The molecule has 4 aliphatic rings. The summed E-state index contributed by atoms with van der Waals surface area (Å²) in [4.78, 5) is 12.8. The molecule has 100 valence electrons. The van der Waals surface area contributed by atoms with Crippen LogP contribution in [0.15, 0.2) is 12.2 Å². The molecule has 4 aliphatic carbocycles. The van der Waals surface area contributed by atoms with Gasteiger partial charge in [-0.15, -0.1) is 0 Å². The summed E-state index contributed by atoms with van der Waals surface area (Å²) in [6.45, 7) is 12.2. The molecule has 1 N–H and O–H groups in total. The molecule has 2 nitrogen and oxygen atoms in total. The third-order valence-electron chi connectivity index (χ3n) is 5.99. The smallest absolute Gasteiger partial charge is 0.145 e. The second kappa shape index (κ2) is 3.09. The number of hydrogen-bond acceptors (Lipinski definition) is 2. The van der Waals surface area contributed by atoms with Crippen LogP contribution in [-0.4, -0.2) is 16.5 Å². The van der Waals surface area contributed by atoms with E-state index < -0.39 is 5.60 Å². The molecule has 0 aromatic heterocycles. The van der Waals surface area contributed by atoms with Crippen LogP contribution in [-0.2, 0) is 4.79 Å². The van der Waals surface area contributed by atoms with E-state index in [-0.39, 0.29) is 16.7 Å². The van der Waals surface area contributed by atoms with Gasteiger partial charge in [0.05, 0.1) is 5.60 Å². The number of carbonyl (C=O) groups excluding carboxylic acids is 1. The molecule has 4 bridgehead atoms. The number of aliphatic hydroxyl groups is 1. The van der Waals surface area contributed by atoms with E-state index >= 15 is 0 Å². The first-order valence-electron chi connectivity index (χ1n) is 7.04. The predicted molar refractivity (Wildman–Crippen MR) is 71.0 cm³/mol. The van der Waals surface area contributed by atoms with E-state index in [2.05, 4.69) is 20.4 Å². The quantitative estimate of drug-likeness (QED) is 0.724. The molecule has 0 aromatic carbocycles. The Kier molecular flexibility index (Phi) is 2.13. The largest absolute Gasteiger partial charge is 0.390 e. The average Bonchev–Trinajstić information content (AvgIpc) is 2.47. The van der Waals surface area contributed by atoms with Crippen LogP contribution in [0.25, 0.3) is 0 Å². The third-order valence-corrected chi connectivity index (χ3v) is 5.99. The van der Waals surface area contributed by atoms with Gasteiger partial charge in [-0.1, -0.05) is 26.0 Å². The van der Waals surface area contributed by atoms with Crippen molar-refractivity contribution in [2.24, 2.45) is 28.6 Å². The van der Waals surface area contributed by atoms with Crippen molar-refractivity contribution in [3.05, 3.63) is 12.2 Å². The highest BCUT2D eigenvalue weighted by atomic mass is 16.3. The van der Waals surface area contributed by atoms with Gasteiger partial charge in [0.25, 0.3) is 0 Å². The standard InChI is InChI=1S/C16H24O2/c1-9-6-15(4)7-10-11(14(2,3)18)8-16(5,12(9)10)13(15)17/h10-12,18H,1,6-8H2,2-5H3/t10?,11-,12+,15-,16-/m0/s1. The van der Waals surface area contributed by atoms with Crippen LogP contribution < -0.4 is 0 Å². The Labute approximate surface area is 109 Å². The Balaban J connectivity index is 2.12. The Hall–Kier alpha value is -0.630. The number of allylic oxidation sites excluding steroid dienone is 1. The number of fused-ring (bicyclic) bond motifs is 1. The lowest BCUT2D eigenvalue weighted by atomic mass is 9.48. The van der Waals surface area contributed by atoms with Crippen molar-refractivity contribution in [1.82, 2.24) is 0 Å². The van der Waals surface area contributed by atoms with Crippen LogP contribution in [0.5, 0.6) is 0 Å². The van der Waals surface area contributed by atoms with E-state index in [9.17, 15) is 9.90 Å². The van der Waals surface area contributed by atoms with Gasteiger partial charge in [-0.05, 0) is 50.9 Å². The van der Waals surface area contributed by atoms with E-state index in [4.69, 9.17) is 0 Å². The van der Waals surface area contributed by atoms with E-state index in [1.807, 2.05) is 13.8 Å². The summed E-state index contributed by atoms with van der Waals surface area (Å²) in [6.07, 6.45) is 2.64. The van der Waals surface area contributed by atoms with Crippen molar-refractivity contribution < 1.29 is 9.90 Å². The SMILES string of the molecule is C=C1C[C@@]2(C)CC3[C@@H]1[C@](C)(C[C@@H]3C(C)(C)O)C2=O. The third kappa shape index (κ3) is 1.25. The highest BCUT2D eigenvalue weighted by Gasteiger charge is 2.69. The van der Waals surface area contributed by atoms with Gasteiger partial charge in [-0.25, -0.2) is 0 Å². The van der Waals surface area contributed by atoms with Crippen LogP contribution in [0.4, 0.5) is 0 Å². The van der Waals surface area contributed by atoms with Gasteiger partial charge in [-0.3, -0.25) is 4.79 Å². The molecule has 0 spiro atoms. The highest BCUT2D eigenvalue weighted by Crippen LogP contribution is 2.69. The zero-order valence-corrected chi connectivity index (χ0v) is 11.9. The molecular formula is C16H24O2. The number of rotatable bonds is 1. The first-order chi connectivity index (χ1) is 8.09. The topological polar surface area (TPSA) is 37.3 Å². The molecule has 4 fully saturated rings. The molecule has 18 heavy (non-hydrogen) atoms. The van der Waals surface area contributed by atoms with E-state index in [1.165, 1.54) is 5.57 Å². The monoisotopic (exact) mass is 248 g/mol. The van der Waals surface area contributed by atoms with Gasteiger partial charge in [-0.2, -0.15) is 0 Å². The Morgan fingerprint density at radius 1 is 1.33 bits per heavy atom. The fraction of sp³-hybridized carbons (Fsp3) is 0.812. The van der Waals surface area contributed by atoms with Crippen LogP contribution in [0, 0.1) is 28.6 Å². The highest BCUT2D eigenvalue weighted by molar-refractivity contribution is 5.93. The van der Waals surface area contributed by atoms with Crippen molar-refractivity contribution in [2.45, 2.75) is 52.6 Å². The zero-order valence-electron chi connectivity index (χ0n) is 11.9. The molecule has 0 saturated heterocycles. The summed E-state index contributed by atoms with van der Waals surface area (Å²) >= 11 is 0. The maximum atomic E-state index is 12.8. The predicted octanol–water partition coefficient (Wildman–Crippen LogP) is 2.95. The molecule has 0 radical (unpaired) electrons. The molecule has 4 rings (SSSR count). The first-order valence-corrected chi connectivity index (χ1v) is 7.04. The molecule has 0 amide bonds. The number of hydrogen-bond donors (Lipinski definition) is 1. The summed E-state index contributed by atoms with van der Waals surface area (Å²) in [5.74, 6) is 1.41. The van der Waals surface area contributed by atoms with Crippen LogP contribution in [0.3, 0.4) is 0 Å². The minimum Gasteiger partial charge on any atom is -0.390 e. The lowest BCUT2D eigenvalue weighted by Crippen LogP contribution is -2.54. The van der Waals surface area contributed by atoms with Gasteiger partial charge < -0.3 is 5.11 Å². The minimum atomic E-state index is -0.691. The molecule has 1 unspecified atom stereocenters. The number of Topliss-reactive ketones (excluding diaryl/α,β-unsaturated/α-hetero) is 1. The van der Waals surface area contributed by atoms with Crippen LogP contribution >= 0.6 is 0 Å². The fourth-order valence-corrected chi connectivity index (χ4v) is 5.53. The molecule has 5 atom stereocenters. The van der Waals surface area contributed by atoms with E-state index in [1.54, 1.807) is 0 Å². The second-order valence-corrected chi connectivity index (χ2v) is 7.95. The molecule has 0 aromatic rings. The lowest BCUT2D eigenvalue weighted by molar-refractivity contribution is -0.149. The Morgan fingerprint density at radius 2 is 1.94 bits per heavy atom. The Morgan fingerprint density at radius 3 is 2.50 bits per heavy atom. The molecular weight excluding hydrogens is 224 g/mol.